The predicted octanol–water partition coefficient (Wildman–Crippen LogP) is 2.24. The Labute approximate surface area is 87.4 Å². The van der Waals surface area contributed by atoms with Gasteiger partial charge in [0.25, 0.3) is 0 Å². The van der Waals surface area contributed by atoms with Crippen LogP contribution in [0.5, 0.6) is 0 Å². The fourth-order valence-electron chi connectivity index (χ4n) is 1.54. The van der Waals surface area contributed by atoms with E-state index < -0.39 is 18.1 Å². The number of rotatable bonds is 5. The summed E-state index contributed by atoms with van der Waals surface area (Å²) in [5.41, 5.74) is -0.701. The molecule has 0 unspecified atom stereocenters. The van der Waals surface area contributed by atoms with Crippen molar-refractivity contribution in [3.63, 3.8) is 0 Å². The van der Waals surface area contributed by atoms with E-state index in [-0.39, 0.29) is 12.6 Å². The van der Waals surface area contributed by atoms with Crippen LogP contribution in [0.25, 0.3) is 0 Å². The van der Waals surface area contributed by atoms with Gasteiger partial charge < -0.3 is 4.79 Å². The van der Waals surface area contributed by atoms with Gasteiger partial charge in [-0.25, -0.2) is 0 Å². The molecule has 1 fully saturated rings. The zero-order valence-electron chi connectivity index (χ0n) is 8.97. The Bertz CT molecular complexity index is 233. The van der Waals surface area contributed by atoms with Gasteiger partial charge in [-0.1, -0.05) is 13.8 Å². The monoisotopic (exact) mass is 223 g/mol. The maximum atomic E-state index is 12.2. The van der Waals surface area contributed by atoms with E-state index in [0.29, 0.717) is 0 Å². The van der Waals surface area contributed by atoms with Gasteiger partial charge in [0.2, 0.25) is 0 Å². The van der Waals surface area contributed by atoms with Crippen molar-refractivity contribution >= 4 is 6.29 Å². The first-order valence-electron chi connectivity index (χ1n) is 5.01. The van der Waals surface area contributed by atoms with Crippen LogP contribution in [0.3, 0.4) is 0 Å². The van der Waals surface area contributed by atoms with E-state index in [1.54, 1.807) is 13.8 Å². The van der Waals surface area contributed by atoms with E-state index in [9.17, 15) is 18.0 Å². The molecule has 1 aliphatic rings. The number of carbonyl (C=O) groups is 1. The van der Waals surface area contributed by atoms with Crippen molar-refractivity contribution in [3.05, 3.63) is 0 Å². The first-order chi connectivity index (χ1) is 6.73. The van der Waals surface area contributed by atoms with Gasteiger partial charge in [-0.2, -0.15) is 13.2 Å². The SMILES string of the molecule is CC(C)(C=O)CN(CC(F)(F)F)C1CC1. The summed E-state index contributed by atoms with van der Waals surface area (Å²) < 4.78 is 36.7. The molecule has 0 aromatic heterocycles. The molecule has 0 radical (unpaired) electrons. The molecular formula is C10H16F3NO. The highest BCUT2D eigenvalue weighted by Gasteiger charge is 2.39. The summed E-state index contributed by atoms with van der Waals surface area (Å²) in [6.45, 7) is 2.59. The largest absolute Gasteiger partial charge is 0.401 e. The van der Waals surface area contributed by atoms with Gasteiger partial charge in [0, 0.05) is 18.0 Å². The zero-order chi connectivity index (χ0) is 11.7. The zero-order valence-corrected chi connectivity index (χ0v) is 8.97. The minimum atomic E-state index is -4.18. The van der Waals surface area contributed by atoms with Crippen LogP contribution in [0.15, 0.2) is 0 Å². The topological polar surface area (TPSA) is 20.3 Å². The minimum absolute atomic E-state index is 0.0193. The predicted molar refractivity (Wildman–Crippen MR) is 50.5 cm³/mol. The summed E-state index contributed by atoms with van der Waals surface area (Å²) in [6, 6.07) is 0.0193. The molecule has 0 aromatic rings. The smallest absolute Gasteiger partial charge is 0.303 e. The van der Waals surface area contributed by atoms with Crippen LogP contribution in [-0.4, -0.2) is 36.5 Å². The van der Waals surface area contributed by atoms with E-state index in [4.69, 9.17) is 0 Å². The second-order valence-corrected chi connectivity index (χ2v) is 4.86. The summed E-state index contributed by atoms with van der Waals surface area (Å²) in [5.74, 6) is 0. The molecule has 1 saturated carbocycles. The third kappa shape index (κ3) is 4.64. The number of aldehydes is 1. The van der Waals surface area contributed by atoms with Crippen LogP contribution in [0.4, 0.5) is 13.2 Å². The lowest BCUT2D eigenvalue weighted by atomic mass is 9.95. The van der Waals surface area contributed by atoms with Crippen molar-refractivity contribution in [1.82, 2.24) is 4.90 Å². The second-order valence-electron chi connectivity index (χ2n) is 4.86. The van der Waals surface area contributed by atoms with Gasteiger partial charge in [0.15, 0.2) is 0 Å². The van der Waals surface area contributed by atoms with E-state index in [2.05, 4.69) is 0 Å². The van der Waals surface area contributed by atoms with Crippen molar-refractivity contribution in [3.8, 4) is 0 Å². The van der Waals surface area contributed by atoms with Gasteiger partial charge in [-0.15, -0.1) is 0 Å². The first-order valence-corrected chi connectivity index (χ1v) is 5.01. The van der Waals surface area contributed by atoms with Gasteiger partial charge in [-0.3, -0.25) is 4.90 Å². The molecule has 0 spiro atoms. The molecule has 0 aromatic carbocycles. The van der Waals surface area contributed by atoms with Crippen molar-refractivity contribution in [1.29, 1.82) is 0 Å². The van der Waals surface area contributed by atoms with E-state index in [1.165, 1.54) is 4.90 Å². The molecule has 0 atom stereocenters. The third-order valence-corrected chi connectivity index (χ3v) is 2.38. The average molecular weight is 223 g/mol. The molecule has 15 heavy (non-hydrogen) atoms. The van der Waals surface area contributed by atoms with Crippen molar-refractivity contribution in [2.45, 2.75) is 38.9 Å². The highest BCUT2D eigenvalue weighted by molar-refractivity contribution is 5.58. The van der Waals surface area contributed by atoms with Crippen LogP contribution in [-0.2, 0) is 4.79 Å². The van der Waals surface area contributed by atoms with E-state index in [1.807, 2.05) is 0 Å². The maximum Gasteiger partial charge on any atom is 0.401 e. The molecule has 0 amide bonds. The lowest BCUT2D eigenvalue weighted by Crippen LogP contribution is -2.42. The maximum absolute atomic E-state index is 12.2. The lowest BCUT2D eigenvalue weighted by molar-refractivity contribution is -0.151. The summed E-state index contributed by atoms with van der Waals surface area (Å²) in [4.78, 5) is 12.0. The molecular weight excluding hydrogens is 207 g/mol. The highest BCUT2D eigenvalue weighted by atomic mass is 19.4. The van der Waals surface area contributed by atoms with Gasteiger partial charge in [-0.05, 0) is 12.8 Å². The van der Waals surface area contributed by atoms with Crippen molar-refractivity contribution in [2.75, 3.05) is 13.1 Å². The summed E-state index contributed by atoms with van der Waals surface area (Å²) in [5, 5.41) is 0. The van der Waals surface area contributed by atoms with Gasteiger partial charge in [0.05, 0.1) is 6.54 Å². The Hall–Kier alpha value is -0.580. The fraction of sp³-hybridized carbons (Fsp3) is 0.900. The van der Waals surface area contributed by atoms with Gasteiger partial charge >= 0.3 is 6.18 Å². The quantitative estimate of drug-likeness (QED) is 0.666. The summed E-state index contributed by atoms with van der Waals surface area (Å²) in [6.07, 6.45) is -1.84. The lowest BCUT2D eigenvalue weighted by Gasteiger charge is -2.29. The van der Waals surface area contributed by atoms with Crippen LogP contribution in [0, 0.1) is 5.41 Å². The first kappa shape index (κ1) is 12.5. The molecule has 5 heteroatoms. The Kier molecular flexibility index (Phi) is 3.43. The average Bonchev–Trinajstić information content (AvgIpc) is 2.82. The molecule has 0 bridgehead atoms. The minimum Gasteiger partial charge on any atom is -0.303 e. The number of halogens is 3. The normalized spacial score (nSPS) is 18.3. The molecule has 0 saturated heterocycles. The molecule has 1 rings (SSSR count). The molecule has 2 nitrogen and oxygen atoms in total. The Morgan fingerprint density at radius 3 is 2.13 bits per heavy atom. The molecule has 88 valence electrons. The van der Waals surface area contributed by atoms with Crippen molar-refractivity contribution < 1.29 is 18.0 Å². The number of hydrogen-bond acceptors (Lipinski definition) is 2. The van der Waals surface area contributed by atoms with Crippen LogP contribution < -0.4 is 0 Å². The Morgan fingerprint density at radius 1 is 1.27 bits per heavy atom. The molecule has 1 aliphatic carbocycles. The van der Waals surface area contributed by atoms with Crippen LogP contribution in [0.1, 0.15) is 26.7 Å². The summed E-state index contributed by atoms with van der Waals surface area (Å²) >= 11 is 0. The molecule has 0 aliphatic heterocycles. The highest BCUT2D eigenvalue weighted by Crippen LogP contribution is 2.32. The third-order valence-electron chi connectivity index (χ3n) is 2.38. The molecule has 0 heterocycles. The van der Waals surface area contributed by atoms with Gasteiger partial charge in [0.1, 0.15) is 6.29 Å². The van der Waals surface area contributed by atoms with Crippen LogP contribution >= 0.6 is 0 Å². The number of nitrogens with zero attached hydrogens (tertiary/aromatic N) is 1. The summed E-state index contributed by atoms with van der Waals surface area (Å²) in [7, 11) is 0. The van der Waals surface area contributed by atoms with Crippen LogP contribution in [0.2, 0.25) is 0 Å². The second kappa shape index (κ2) is 4.12. The number of hydrogen-bond donors (Lipinski definition) is 0. The molecule has 0 N–H and O–H groups in total. The Morgan fingerprint density at radius 2 is 1.80 bits per heavy atom. The Balaban J connectivity index is 2.55. The van der Waals surface area contributed by atoms with E-state index in [0.717, 1.165) is 19.1 Å². The van der Waals surface area contributed by atoms with E-state index >= 15 is 0 Å². The standard InChI is InChI=1S/C10H16F3NO/c1-9(2,7-15)5-14(8-3-4-8)6-10(11,12)13/h7-8H,3-6H2,1-2H3. The van der Waals surface area contributed by atoms with Crippen molar-refractivity contribution in [2.24, 2.45) is 5.41 Å². The number of carbonyl (C=O) groups excluding carboxylic acids is 1. The number of alkyl halides is 3. The fourth-order valence-corrected chi connectivity index (χ4v) is 1.54.